The largest absolute Gasteiger partial charge is 0.344 e. The van der Waals surface area contributed by atoms with Crippen LogP contribution in [0.15, 0.2) is 30.5 Å². The van der Waals surface area contributed by atoms with Gasteiger partial charge in [0.05, 0.1) is 11.9 Å². The van der Waals surface area contributed by atoms with E-state index in [9.17, 15) is 14.0 Å². The number of para-hydroxylation sites is 1. The third kappa shape index (κ3) is 5.00. The van der Waals surface area contributed by atoms with Crippen molar-refractivity contribution >= 4 is 28.4 Å². The summed E-state index contributed by atoms with van der Waals surface area (Å²) in [4.78, 5) is 29.0. The molecule has 0 bridgehead atoms. The zero-order valence-electron chi connectivity index (χ0n) is 15.9. The Morgan fingerprint density at radius 3 is 2.54 bits per heavy atom. The summed E-state index contributed by atoms with van der Waals surface area (Å²) in [5.74, 6) is -0.670. The molecule has 2 rings (SSSR count). The number of benzene rings is 1. The second-order valence-corrected chi connectivity index (χ2v) is 7.93. The number of fused-ring (bicyclic) bond motifs is 1. The molecule has 0 aliphatic carbocycles. The number of hydrogen-bond donors (Lipinski definition) is 2. The molecule has 0 unspecified atom stereocenters. The first-order chi connectivity index (χ1) is 12.1. The summed E-state index contributed by atoms with van der Waals surface area (Å²) in [5, 5.41) is 6.20. The number of hydrogen-bond acceptors (Lipinski definition) is 3. The normalized spacial score (nSPS) is 12.9. The average molecular weight is 359 g/mol. The molecule has 0 aliphatic heterocycles. The smallest absolute Gasteiger partial charge is 0.247 e. The molecule has 1 aromatic heterocycles. The molecule has 1 aromatic carbocycles. The summed E-state index contributed by atoms with van der Waals surface area (Å²) in [5.41, 5.74) is 0.134. The number of carbonyl (C=O) groups is 2. The van der Waals surface area contributed by atoms with Gasteiger partial charge in [0.2, 0.25) is 11.8 Å². The Balaban J connectivity index is 2.19. The molecule has 0 saturated heterocycles. The second-order valence-electron chi connectivity index (χ2n) is 7.93. The number of amides is 2. The van der Waals surface area contributed by atoms with Crippen LogP contribution in [0.4, 0.5) is 10.1 Å². The lowest BCUT2D eigenvalue weighted by Gasteiger charge is -2.25. The van der Waals surface area contributed by atoms with Crippen molar-refractivity contribution < 1.29 is 14.0 Å². The van der Waals surface area contributed by atoms with E-state index in [1.165, 1.54) is 12.3 Å². The Morgan fingerprint density at radius 2 is 1.92 bits per heavy atom. The fourth-order valence-electron chi connectivity index (χ4n) is 2.50. The summed E-state index contributed by atoms with van der Waals surface area (Å²) in [6, 6.07) is 5.68. The molecule has 26 heavy (non-hydrogen) atoms. The van der Waals surface area contributed by atoms with Crippen LogP contribution in [0.1, 0.15) is 41.0 Å². The van der Waals surface area contributed by atoms with E-state index >= 15 is 0 Å². The molecular formula is C20H26FN3O2. The zero-order chi connectivity index (χ0) is 19.5. The van der Waals surface area contributed by atoms with E-state index in [0.717, 1.165) is 0 Å². The quantitative estimate of drug-likeness (QED) is 0.851. The maximum atomic E-state index is 13.7. The van der Waals surface area contributed by atoms with Crippen LogP contribution < -0.4 is 10.6 Å². The van der Waals surface area contributed by atoms with Crippen molar-refractivity contribution in [3.63, 3.8) is 0 Å². The molecule has 0 fully saturated rings. The van der Waals surface area contributed by atoms with Crippen LogP contribution in [0.2, 0.25) is 0 Å². The number of rotatable bonds is 5. The van der Waals surface area contributed by atoms with Gasteiger partial charge in [-0.15, -0.1) is 0 Å². The van der Waals surface area contributed by atoms with Crippen LogP contribution in [0, 0.1) is 17.2 Å². The second kappa shape index (κ2) is 7.81. The first-order valence-electron chi connectivity index (χ1n) is 8.74. The van der Waals surface area contributed by atoms with Gasteiger partial charge < -0.3 is 10.6 Å². The molecular weight excluding hydrogens is 333 g/mol. The summed E-state index contributed by atoms with van der Waals surface area (Å²) < 4.78 is 13.7. The Hall–Kier alpha value is -2.50. The van der Waals surface area contributed by atoms with Gasteiger partial charge in [-0.1, -0.05) is 46.8 Å². The number of anilines is 1. The van der Waals surface area contributed by atoms with Gasteiger partial charge in [-0.2, -0.15) is 0 Å². The highest BCUT2D eigenvalue weighted by molar-refractivity contribution is 5.98. The van der Waals surface area contributed by atoms with Crippen LogP contribution in [0.25, 0.3) is 10.9 Å². The van der Waals surface area contributed by atoms with E-state index in [-0.39, 0.29) is 23.2 Å². The Morgan fingerprint density at radius 1 is 1.23 bits per heavy atom. The summed E-state index contributed by atoms with van der Waals surface area (Å²) in [6.45, 7) is 9.38. The predicted molar refractivity (Wildman–Crippen MR) is 101 cm³/mol. The minimum atomic E-state index is -0.648. The van der Waals surface area contributed by atoms with Crippen molar-refractivity contribution in [3.05, 3.63) is 36.3 Å². The third-order valence-electron chi connectivity index (χ3n) is 3.94. The molecule has 2 N–H and O–H groups in total. The average Bonchev–Trinajstić information content (AvgIpc) is 2.53. The predicted octanol–water partition coefficient (Wildman–Crippen LogP) is 3.89. The number of halogens is 1. The van der Waals surface area contributed by atoms with E-state index < -0.39 is 17.3 Å². The van der Waals surface area contributed by atoms with Gasteiger partial charge >= 0.3 is 0 Å². The number of aromatic nitrogens is 1. The Labute approximate surface area is 153 Å². The lowest BCUT2D eigenvalue weighted by Crippen LogP contribution is -2.48. The molecule has 1 heterocycles. The van der Waals surface area contributed by atoms with E-state index in [1.807, 2.05) is 13.8 Å². The first-order valence-corrected chi connectivity index (χ1v) is 8.74. The van der Waals surface area contributed by atoms with Gasteiger partial charge in [0, 0.05) is 10.8 Å². The van der Waals surface area contributed by atoms with E-state index in [2.05, 4.69) is 15.6 Å². The molecule has 1 atom stereocenters. The van der Waals surface area contributed by atoms with E-state index in [1.54, 1.807) is 39.0 Å². The fourth-order valence-corrected chi connectivity index (χ4v) is 2.50. The van der Waals surface area contributed by atoms with Crippen molar-refractivity contribution in [2.24, 2.45) is 11.3 Å². The van der Waals surface area contributed by atoms with Gasteiger partial charge in [-0.05, 0) is 24.5 Å². The minimum Gasteiger partial charge on any atom is -0.344 e. The van der Waals surface area contributed by atoms with Crippen molar-refractivity contribution in [1.82, 2.24) is 10.3 Å². The minimum absolute atomic E-state index is 0.183. The number of nitrogens with zero attached hydrogens (tertiary/aromatic N) is 1. The summed E-state index contributed by atoms with van der Waals surface area (Å²) in [6.07, 6.45) is 1.94. The lowest BCUT2D eigenvalue weighted by molar-refractivity contribution is -0.132. The SMILES string of the molecule is CC(C)C[C@H](NC(=O)C(C)(C)C)C(=O)Nc1cnc2c(F)cccc2c1. The van der Waals surface area contributed by atoms with Crippen molar-refractivity contribution in [1.29, 1.82) is 0 Å². The monoisotopic (exact) mass is 359 g/mol. The highest BCUT2D eigenvalue weighted by atomic mass is 19.1. The summed E-state index contributed by atoms with van der Waals surface area (Å²) >= 11 is 0. The molecule has 6 heteroatoms. The van der Waals surface area contributed by atoms with Gasteiger partial charge in [-0.3, -0.25) is 14.6 Å². The highest BCUT2D eigenvalue weighted by Gasteiger charge is 2.28. The van der Waals surface area contributed by atoms with Crippen LogP contribution in [-0.4, -0.2) is 22.8 Å². The van der Waals surface area contributed by atoms with Crippen LogP contribution in [0.3, 0.4) is 0 Å². The van der Waals surface area contributed by atoms with Crippen LogP contribution >= 0.6 is 0 Å². The number of carbonyl (C=O) groups excluding carboxylic acids is 2. The molecule has 0 aliphatic rings. The standard InChI is InChI=1S/C20H26FN3O2/c1-12(2)9-16(24-19(26)20(3,4)5)18(25)23-14-10-13-7-6-8-15(21)17(13)22-11-14/h6-8,10-12,16H,9H2,1-5H3,(H,23,25)(H,24,26)/t16-/m0/s1. The maximum Gasteiger partial charge on any atom is 0.247 e. The van der Waals surface area contributed by atoms with Crippen molar-refractivity contribution in [3.8, 4) is 0 Å². The molecule has 140 valence electrons. The van der Waals surface area contributed by atoms with Gasteiger partial charge in [-0.25, -0.2) is 4.39 Å². The van der Waals surface area contributed by atoms with Gasteiger partial charge in [0.15, 0.2) is 0 Å². The molecule has 0 saturated carbocycles. The first kappa shape index (κ1) is 19.8. The Kier molecular flexibility index (Phi) is 5.95. The topological polar surface area (TPSA) is 71.1 Å². The summed E-state index contributed by atoms with van der Waals surface area (Å²) in [7, 11) is 0. The number of pyridine rings is 1. The van der Waals surface area contributed by atoms with Crippen LogP contribution in [0.5, 0.6) is 0 Å². The fraction of sp³-hybridized carbons (Fsp3) is 0.450. The van der Waals surface area contributed by atoms with E-state index in [4.69, 9.17) is 0 Å². The zero-order valence-corrected chi connectivity index (χ0v) is 15.9. The van der Waals surface area contributed by atoms with E-state index in [0.29, 0.717) is 17.5 Å². The third-order valence-corrected chi connectivity index (χ3v) is 3.94. The highest BCUT2D eigenvalue weighted by Crippen LogP contribution is 2.20. The van der Waals surface area contributed by atoms with Crippen LogP contribution in [-0.2, 0) is 9.59 Å². The van der Waals surface area contributed by atoms with Gasteiger partial charge in [0.25, 0.3) is 0 Å². The Bertz CT molecular complexity index is 812. The molecule has 2 amide bonds. The van der Waals surface area contributed by atoms with Crippen molar-refractivity contribution in [2.75, 3.05) is 5.32 Å². The molecule has 5 nitrogen and oxygen atoms in total. The number of nitrogens with one attached hydrogen (secondary N) is 2. The molecule has 0 spiro atoms. The molecule has 0 radical (unpaired) electrons. The molecule has 2 aromatic rings. The lowest BCUT2D eigenvalue weighted by atomic mass is 9.94. The van der Waals surface area contributed by atoms with Crippen molar-refractivity contribution in [2.45, 2.75) is 47.1 Å². The van der Waals surface area contributed by atoms with Gasteiger partial charge in [0.1, 0.15) is 17.4 Å². The maximum absolute atomic E-state index is 13.7.